The Labute approximate surface area is 70.2 Å². The highest BCUT2D eigenvalue weighted by Gasteiger charge is 2.24. The van der Waals surface area contributed by atoms with Crippen LogP contribution < -0.4 is 0 Å². The van der Waals surface area contributed by atoms with Gasteiger partial charge < -0.3 is 0 Å². The van der Waals surface area contributed by atoms with Crippen molar-refractivity contribution in [2.45, 2.75) is 18.8 Å². The monoisotopic (exact) mass is 160 g/mol. The van der Waals surface area contributed by atoms with Gasteiger partial charge in [-0.2, -0.15) is 4.99 Å². The largest absolute Gasteiger partial charge is 0.259 e. The van der Waals surface area contributed by atoms with E-state index in [4.69, 9.17) is 0 Å². The molecule has 0 unspecified atom stereocenters. The Morgan fingerprint density at radius 1 is 1.50 bits per heavy atom. The van der Waals surface area contributed by atoms with Crippen molar-refractivity contribution in [2.24, 2.45) is 4.99 Å². The average Bonchev–Trinajstić information content (AvgIpc) is 2.89. The minimum Gasteiger partial charge on any atom is -0.259 e. The highest BCUT2D eigenvalue weighted by molar-refractivity contribution is 5.47. The maximum Gasteiger partial charge on any atom is 0.240 e. The highest BCUT2D eigenvalue weighted by atomic mass is 16.1. The number of rotatable bonds is 2. The van der Waals surface area contributed by atoms with E-state index in [-0.39, 0.29) is 0 Å². The zero-order chi connectivity index (χ0) is 8.39. The molecule has 1 fully saturated rings. The summed E-state index contributed by atoms with van der Waals surface area (Å²) < 4.78 is 0. The molecule has 0 bridgehead atoms. The van der Waals surface area contributed by atoms with Crippen molar-refractivity contribution in [1.82, 2.24) is 4.98 Å². The van der Waals surface area contributed by atoms with Gasteiger partial charge in [0.25, 0.3) is 0 Å². The molecular formula is C9H8N2O. The van der Waals surface area contributed by atoms with Crippen LogP contribution in [-0.4, -0.2) is 11.1 Å². The van der Waals surface area contributed by atoms with Gasteiger partial charge in [0.05, 0.1) is 11.9 Å². The predicted molar refractivity (Wildman–Crippen MR) is 44.0 cm³/mol. The maximum absolute atomic E-state index is 9.89. The third-order valence-electron chi connectivity index (χ3n) is 1.94. The summed E-state index contributed by atoms with van der Waals surface area (Å²) in [4.78, 5) is 17.5. The van der Waals surface area contributed by atoms with Gasteiger partial charge in [-0.3, -0.25) is 4.98 Å². The van der Waals surface area contributed by atoms with E-state index in [0.29, 0.717) is 11.6 Å². The Bertz CT molecular complexity index is 321. The molecule has 0 spiro atoms. The van der Waals surface area contributed by atoms with Crippen molar-refractivity contribution in [1.29, 1.82) is 0 Å². The zero-order valence-electron chi connectivity index (χ0n) is 6.53. The number of isocyanates is 1. The fourth-order valence-corrected chi connectivity index (χ4v) is 1.14. The molecule has 0 atom stereocenters. The molecule has 12 heavy (non-hydrogen) atoms. The summed E-state index contributed by atoms with van der Waals surface area (Å²) in [6.45, 7) is 0. The first-order chi connectivity index (χ1) is 5.90. The molecule has 1 aromatic rings. The van der Waals surface area contributed by atoms with Crippen molar-refractivity contribution in [3.8, 4) is 0 Å². The second-order valence-electron chi connectivity index (χ2n) is 2.92. The number of hydrogen-bond acceptors (Lipinski definition) is 3. The van der Waals surface area contributed by atoms with Crippen LogP contribution in [-0.2, 0) is 4.79 Å². The molecule has 3 heteroatoms. The minimum atomic E-state index is 0.578. The Hall–Kier alpha value is -1.47. The minimum absolute atomic E-state index is 0.578. The van der Waals surface area contributed by atoms with E-state index in [1.807, 2.05) is 6.07 Å². The van der Waals surface area contributed by atoms with Crippen LogP contribution in [0.4, 0.5) is 5.69 Å². The molecule has 3 nitrogen and oxygen atoms in total. The van der Waals surface area contributed by atoms with Gasteiger partial charge in [-0.15, -0.1) is 0 Å². The van der Waals surface area contributed by atoms with Gasteiger partial charge in [0.1, 0.15) is 0 Å². The summed E-state index contributed by atoms with van der Waals surface area (Å²) in [5.41, 5.74) is 1.69. The fourth-order valence-electron chi connectivity index (χ4n) is 1.14. The van der Waals surface area contributed by atoms with E-state index in [1.54, 1.807) is 12.3 Å². The first-order valence-corrected chi connectivity index (χ1v) is 3.94. The van der Waals surface area contributed by atoms with Crippen molar-refractivity contribution in [2.75, 3.05) is 0 Å². The number of aliphatic imine (C=N–C) groups is 1. The van der Waals surface area contributed by atoms with Gasteiger partial charge in [-0.05, 0) is 25.0 Å². The van der Waals surface area contributed by atoms with Crippen molar-refractivity contribution in [3.05, 3.63) is 24.0 Å². The van der Waals surface area contributed by atoms with Gasteiger partial charge in [-0.25, -0.2) is 4.79 Å². The first-order valence-electron chi connectivity index (χ1n) is 3.94. The van der Waals surface area contributed by atoms with Crippen LogP contribution in [0.2, 0.25) is 0 Å². The number of carbonyl (C=O) groups excluding carboxylic acids is 1. The topological polar surface area (TPSA) is 42.3 Å². The molecule has 0 N–H and O–H groups in total. The van der Waals surface area contributed by atoms with Crippen LogP contribution in [0.25, 0.3) is 0 Å². The van der Waals surface area contributed by atoms with E-state index < -0.39 is 0 Å². The van der Waals surface area contributed by atoms with E-state index in [0.717, 1.165) is 5.69 Å². The van der Waals surface area contributed by atoms with Gasteiger partial charge in [0.15, 0.2) is 0 Å². The predicted octanol–water partition coefficient (Wildman–Crippen LogP) is 1.93. The Balaban J connectivity index is 2.23. The third-order valence-corrected chi connectivity index (χ3v) is 1.94. The lowest BCUT2D eigenvalue weighted by atomic mass is 10.2. The van der Waals surface area contributed by atoms with E-state index in [9.17, 15) is 4.79 Å². The lowest BCUT2D eigenvalue weighted by Gasteiger charge is -1.94. The van der Waals surface area contributed by atoms with Crippen LogP contribution in [0, 0.1) is 0 Å². The smallest absolute Gasteiger partial charge is 0.240 e. The summed E-state index contributed by atoms with van der Waals surface area (Å²) in [7, 11) is 0. The second kappa shape index (κ2) is 2.88. The summed E-state index contributed by atoms with van der Waals surface area (Å²) in [5, 5.41) is 0. The molecular weight excluding hydrogens is 152 g/mol. The molecule has 2 rings (SSSR count). The molecule has 1 aliphatic rings. The third kappa shape index (κ3) is 1.41. The van der Waals surface area contributed by atoms with Gasteiger partial charge in [0, 0.05) is 11.6 Å². The van der Waals surface area contributed by atoms with Gasteiger partial charge in [-0.1, -0.05) is 0 Å². The van der Waals surface area contributed by atoms with E-state index in [2.05, 4.69) is 9.98 Å². The summed E-state index contributed by atoms with van der Waals surface area (Å²) in [5.74, 6) is 0.652. The summed E-state index contributed by atoms with van der Waals surface area (Å²) in [6.07, 6.45) is 5.57. The van der Waals surface area contributed by atoms with Crippen molar-refractivity contribution in [3.63, 3.8) is 0 Å². The van der Waals surface area contributed by atoms with E-state index >= 15 is 0 Å². The van der Waals surface area contributed by atoms with Crippen LogP contribution in [0.15, 0.2) is 23.3 Å². The van der Waals surface area contributed by atoms with Gasteiger partial charge in [0.2, 0.25) is 6.08 Å². The van der Waals surface area contributed by atoms with E-state index in [1.165, 1.54) is 18.9 Å². The Morgan fingerprint density at radius 2 is 2.33 bits per heavy atom. The van der Waals surface area contributed by atoms with Crippen LogP contribution in [0.3, 0.4) is 0 Å². The molecule has 1 heterocycles. The van der Waals surface area contributed by atoms with Crippen molar-refractivity contribution < 1.29 is 4.79 Å². The number of nitrogens with zero attached hydrogens (tertiary/aromatic N) is 2. The quantitative estimate of drug-likeness (QED) is 0.490. The standard InChI is InChI=1S/C9H8N2O/c12-6-11-8-3-4-9(10-5-8)7-1-2-7/h3-5,7H,1-2H2. The van der Waals surface area contributed by atoms with Crippen LogP contribution in [0.1, 0.15) is 24.5 Å². The second-order valence-corrected chi connectivity index (χ2v) is 2.92. The molecule has 0 aromatic carbocycles. The number of pyridine rings is 1. The Kier molecular flexibility index (Phi) is 1.72. The lowest BCUT2D eigenvalue weighted by molar-refractivity contribution is 0.565. The molecule has 0 aliphatic heterocycles. The maximum atomic E-state index is 9.89. The molecule has 60 valence electrons. The molecule has 0 amide bonds. The highest BCUT2D eigenvalue weighted by Crippen LogP contribution is 2.38. The molecule has 1 aliphatic carbocycles. The number of aromatic nitrogens is 1. The normalized spacial score (nSPS) is 15.3. The molecule has 0 radical (unpaired) electrons. The lowest BCUT2D eigenvalue weighted by Crippen LogP contribution is -1.82. The van der Waals surface area contributed by atoms with Crippen molar-refractivity contribution >= 4 is 11.8 Å². The molecule has 1 saturated carbocycles. The zero-order valence-corrected chi connectivity index (χ0v) is 6.53. The first kappa shape index (κ1) is 7.19. The van der Waals surface area contributed by atoms with Crippen LogP contribution in [0.5, 0.6) is 0 Å². The summed E-state index contributed by atoms with van der Waals surface area (Å²) in [6, 6.07) is 3.72. The average molecular weight is 160 g/mol. The Morgan fingerprint density at radius 3 is 2.83 bits per heavy atom. The van der Waals surface area contributed by atoms with Gasteiger partial charge >= 0.3 is 0 Å². The summed E-state index contributed by atoms with van der Waals surface area (Å²) >= 11 is 0. The SMILES string of the molecule is O=C=Nc1ccc(C2CC2)nc1. The van der Waals surface area contributed by atoms with Crippen LogP contribution >= 0.6 is 0 Å². The fraction of sp³-hybridized carbons (Fsp3) is 0.333. The number of hydrogen-bond donors (Lipinski definition) is 0. The molecule has 0 saturated heterocycles. The molecule has 1 aromatic heterocycles.